The van der Waals surface area contributed by atoms with E-state index in [1.807, 2.05) is 53.5 Å². The molecule has 14 heavy (non-hydrogen) atoms. The summed E-state index contributed by atoms with van der Waals surface area (Å²) in [4.78, 5) is 3.13. The van der Waals surface area contributed by atoms with E-state index in [1.165, 1.54) is 0 Å². The second-order valence-corrected chi connectivity index (χ2v) is 3.17. The predicted octanol–water partition coefficient (Wildman–Crippen LogP) is 2.35. The van der Waals surface area contributed by atoms with Crippen LogP contribution in [0.15, 0.2) is 48.8 Å². The number of hydrogen-bond donors (Lipinski definition) is 1. The minimum Gasteiger partial charge on any atom is -0.359 e. The van der Waals surface area contributed by atoms with Crippen LogP contribution in [0, 0.1) is 0 Å². The molecule has 2 heterocycles. The van der Waals surface area contributed by atoms with Gasteiger partial charge in [0.1, 0.15) is 0 Å². The van der Waals surface area contributed by atoms with Crippen LogP contribution < -0.4 is 0 Å². The zero-order valence-corrected chi connectivity index (χ0v) is 7.51. The zero-order valence-electron chi connectivity index (χ0n) is 7.51. The van der Waals surface area contributed by atoms with Gasteiger partial charge < -0.3 is 4.98 Å². The molecule has 0 aliphatic carbocycles. The maximum absolute atomic E-state index is 4.31. The first kappa shape index (κ1) is 7.38. The Labute approximate surface area is 81.0 Å². The van der Waals surface area contributed by atoms with Gasteiger partial charge in [-0.2, -0.15) is 5.10 Å². The van der Waals surface area contributed by atoms with Crippen molar-refractivity contribution in [2.45, 2.75) is 0 Å². The average molecular weight is 183 g/mol. The molecule has 0 amide bonds. The fourth-order valence-corrected chi connectivity index (χ4v) is 1.61. The topological polar surface area (TPSA) is 33.6 Å². The largest absolute Gasteiger partial charge is 0.359 e. The Hall–Kier alpha value is -2.03. The highest BCUT2D eigenvalue weighted by molar-refractivity contribution is 5.76. The van der Waals surface area contributed by atoms with Crippen molar-refractivity contribution in [2.75, 3.05) is 0 Å². The molecule has 0 spiro atoms. The molecule has 3 rings (SSSR count). The van der Waals surface area contributed by atoms with Crippen molar-refractivity contribution in [3.05, 3.63) is 48.8 Å². The number of aromatic nitrogens is 3. The van der Waals surface area contributed by atoms with Crippen molar-refractivity contribution in [3.63, 3.8) is 0 Å². The van der Waals surface area contributed by atoms with Crippen molar-refractivity contribution in [1.82, 2.24) is 14.8 Å². The van der Waals surface area contributed by atoms with Crippen LogP contribution in [0.4, 0.5) is 0 Å². The molecule has 1 aromatic carbocycles. The molecular weight excluding hydrogens is 174 g/mol. The SMILES string of the molecule is c1ccc(-n2ncc3[nH]ccc32)cc1. The minimum absolute atomic E-state index is 1.06. The van der Waals surface area contributed by atoms with Crippen LogP contribution in [-0.4, -0.2) is 14.8 Å². The van der Waals surface area contributed by atoms with E-state index in [0.29, 0.717) is 0 Å². The molecule has 3 nitrogen and oxygen atoms in total. The maximum Gasteiger partial charge on any atom is 0.0918 e. The summed E-state index contributed by atoms with van der Waals surface area (Å²) in [6.07, 6.45) is 3.76. The van der Waals surface area contributed by atoms with E-state index in [-0.39, 0.29) is 0 Å². The predicted molar refractivity (Wildman–Crippen MR) is 55.4 cm³/mol. The smallest absolute Gasteiger partial charge is 0.0918 e. The van der Waals surface area contributed by atoms with Gasteiger partial charge in [0.05, 0.1) is 22.9 Å². The van der Waals surface area contributed by atoms with Gasteiger partial charge in [0, 0.05) is 6.20 Å². The van der Waals surface area contributed by atoms with Gasteiger partial charge in [0.15, 0.2) is 0 Å². The van der Waals surface area contributed by atoms with E-state index >= 15 is 0 Å². The molecule has 2 aromatic heterocycles. The second-order valence-electron chi connectivity index (χ2n) is 3.17. The van der Waals surface area contributed by atoms with Crippen molar-refractivity contribution in [2.24, 2.45) is 0 Å². The Morgan fingerprint density at radius 2 is 1.93 bits per heavy atom. The summed E-state index contributed by atoms with van der Waals surface area (Å²) >= 11 is 0. The molecule has 0 atom stereocenters. The highest BCUT2D eigenvalue weighted by Crippen LogP contribution is 2.15. The zero-order chi connectivity index (χ0) is 9.38. The summed E-state index contributed by atoms with van der Waals surface area (Å²) in [6, 6.07) is 12.1. The third-order valence-corrected chi connectivity index (χ3v) is 2.29. The fraction of sp³-hybridized carbons (Fsp3) is 0. The number of rotatable bonds is 1. The number of fused-ring (bicyclic) bond motifs is 1. The Balaban J connectivity index is 2.28. The maximum atomic E-state index is 4.31. The van der Waals surface area contributed by atoms with Gasteiger partial charge in [0.25, 0.3) is 0 Å². The molecule has 0 saturated heterocycles. The molecular formula is C11H9N3. The van der Waals surface area contributed by atoms with E-state index in [9.17, 15) is 0 Å². The molecule has 0 aliphatic heterocycles. The van der Waals surface area contributed by atoms with E-state index < -0.39 is 0 Å². The summed E-state index contributed by atoms with van der Waals surface area (Å²) < 4.78 is 1.92. The van der Waals surface area contributed by atoms with E-state index in [1.54, 1.807) is 0 Å². The van der Waals surface area contributed by atoms with Crippen molar-refractivity contribution in [3.8, 4) is 5.69 Å². The molecule has 0 saturated carbocycles. The number of hydrogen-bond acceptors (Lipinski definition) is 1. The molecule has 3 aromatic rings. The number of para-hydroxylation sites is 1. The summed E-state index contributed by atoms with van der Waals surface area (Å²) in [7, 11) is 0. The Kier molecular flexibility index (Phi) is 1.44. The van der Waals surface area contributed by atoms with E-state index in [0.717, 1.165) is 16.7 Å². The van der Waals surface area contributed by atoms with Gasteiger partial charge in [-0.25, -0.2) is 4.68 Å². The summed E-state index contributed by atoms with van der Waals surface area (Å²) in [5.74, 6) is 0. The lowest BCUT2D eigenvalue weighted by Crippen LogP contribution is -1.93. The summed E-state index contributed by atoms with van der Waals surface area (Å²) in [6.45, 7) is 0. The highest BCUT2D eigenvalue weighted by Gasteiger charge is 2.03. The molecule has 0 fully saturated rings. The third kappa shape index (κ3) is 0.956. The van der Waals surface area contributed by atoms with E-state index in [2.05, 4.69) is 10.1 Å². The standard InChI is InChI=1S/C11H9N3/c1-2-4-9(5-3-1)14-11-6-7-12-10(11)8-13-14/h1-8,12H. The minimum atomic E-state index is 1.06. The quantitative estimate of drug-likeness (QED) is 0.617. The van der Waals surface area contributed by atoms with Crippen LogP contribution in [0.25, 0.3) is 16.7 Å². The van der Waals surface area contributed by atoms with Gasteiger partial charge in [-0.3, -0.25) is 0 Å². The first-order valence-corrected chi connectivity index (χ1v) is 4.52. The van der Waals surface area contributed by atoms with Gasteiger partial charge >= 0.3 is 0 Å². The first-order valence-electron chi connectivity index (χ1n) is 4.52. The van der Waals surface area contributed by atoms with Crippen LogP contribution in [0.1, 0.15) is 0 Å². The molecule has 0 unspecified atom stereocenters. The van der Waals surface area contributed by atoms with Gasteiger partial charge in [-0.15, -0.1) is 0 Å². The molecule has 3 heteroatoms. The van der Waals surface area contributed by atoms with Gasteiger partial charge in [-0.1, -0.05) is 18.2 Å². The first-order chi connectivity index (χ1) is 6.95. The van der Waals surface area contributed by atoms with Crippen LogP contribution in [0.5, 0.6) is 0 Å². The van der Waals surface area contributed by atoms with Crippen molar-refractivity contribution >= 4 is 11.0 Å². The number of aromatic amines is 1. The number of H-pyrrole nitrogens is 1. The number of nitrogens with zero attached hydrogens (tertiary/aromatic N) is 2. The number of nitrogens with one attached hydrogen (secondary N) is 1. The lowest BCUT2D eigenvalue weighted by atomic mass is 10.3. The van der Waals surface area contributed by atoms with Crippen molar-refractivity contribution < 1.29 is 0 Å². The van der Waals surface area contributed by atoms with Crippen LogP contribution >= 0.6 is 0 Å². The van der Waals surface area contributed by atoms with Crippen molar-refractivity contribution in [1.29, 1.82) is 0 Å². The monoisotopic (exact) mass is 183 g/mol. The lowest BCUT2D eigenvalue weighted by molar-refractivity contribution is 0.910. The Morgan fingerprint density at radius 3 is 2.79 bits per heavy atom. The van der Waals surface area contributed by atoms with Crippen LogP contribution in [0.3, 0.4) is 0 Å². The summed E-state index contributed by atoms with van der Waals surface area (Å²) in [5, 5.41) is 4.31. The van der Waals surface area contributed by atoms with E-state index in [4.69, 9.17) is 0 Å². The molecule has 0 bridgehead atoms. The lowest BCUT2D eigenvalue weighted by Gasteiger charge is -2.00. The summed E-state index contributed by atoms with van der Waals surface area (Å²) in [5.41, 5.74) is 3.26. The Morgan fingerprint density at radius 1 is 1.07 bits per heavy atom. The average Bonchev–Trinajstić information content (AvgIpc) is 2.79. The number of benzene rings is 1. The van der Waals surface area contributed by atoms with Crippen LogP contribution in [-0.2, 0) is 0 Å². The van der Waals surface area contributed by atoms with Gasteiger partial charge in [0.2, 0.25) is 0 Å². The van der Waals surface area contributed by atoms with Crippen LogP contribution in [0.2, 0.25) is 0 Å². The molecule has 0 radical (unpaired) electrons. The normalized spacial score (nSPS) is 10.9. The molecule has 68 valence electrons. The highest BCUT2D eigenvalue weighted by atomic mass is 15.3. The fourth-order valence-electron chi connectivity index (χ4n) is 1.61. The second kappa shape index (κ2) is 2.73. The third-order valence-electron chi connectivity index (χ3n) is 2.29. The van der Waals surface area contributed by atoms with Gasteiger partial charge in [-0.05, 0) is 18.2 Å². The molecule has 1 N–H and O–H groups in total. The Bertz CT molecular complexity index is 548. The molecule has 0 aliphatic rings.